The van der Waals surface area contributed by atoms with Crippen molar-refractivity contribution >= 4 is 39.1 Å². The van der Waals surface area contributed by atoms with E-state index in [-0.39, 0.29) is 22.8 Å². The molecule has 1 aliphatic heterocycles. The number of pyridine rings is 1. The third-order valence-electron chi connectivity index (χ3n) is 5.27. The van der Waals surface area contributed by atoms with Crippen molar-refractivity contribution in [2.75, 3.05) is 4.90 Å². The Bertz CT molecular complexity index is 1240. The summed E-state index contributed by atoms with van der Waals surface area (Å²) in [5.74, 6) is -2.07. The van der Waals surface area contributed by atoms with Gasteiger partial charge in [0.05, 0.1) is 17.3 Å². The molecule has 1 amide bonds. The number of aliphatic hydroxyl groups excluding tert-OH is 1. The molecule has 1 saturated heterocycles. The van der Waals surface area contributed by atoms with Gasteiger partial charge in [-0.3, -0.25) is 19.5 Å². The van der Waals surface area contributed by atoms with Gasteiger partial charge in [-0.2, -0.15) is 0 Å². The molecule has 0 aliphatic carbocycles. The van der Waals surface area contributed by atoms with Crippen molar-refractivity contribution in [3.05, 3.63) is 93.2 Å². The average molecular weight is 479 g/mol. The molecule has 31 heavy (non-hydrogen) atoms. The number of phenolic OH excluding ortho intramolecular Hbond substituents is 1. The number of aromatic hydroxyl groups is 1. The van der Waals surface area contributed by atoms with Crippen molar-refractivity contribution in [2.24, 2.45) is 0 Å². The summed E-state index contributed by atoms with van der Waals surface area (Å²) in [6.45, 7) is 3.69. The largest absolute Gasteiger partial charge is 0.507 e. The molecule has 1 aliphatic rings. The summed E-state index contributed by atoms with van der Waals surface area (Å²) in [5.41, 5.74) is 2.78. The lowest BCUT2D eigenvalue weighted by molar-refractivity contribution is -0.132. The molecule has 1 unspecified atom stereocenters. The van der Waals surface area contributed by atoms with Crippen LogP contribution in [0.5, 0.6) is 5.75 Å². The van der Waals surface area contributed by atoms with Gasteiger partial charge in [-0.15, -0.1) is 0 Å². The molecule has 0 spiro atoms. The molecule has 1 aromatic heterocycles. The maximum atomic E-state index is 13.1. The molecule has 6 nitrogen and oxygen atoms in total. The van der Waals surface area contributed by atoms with E-state index >= 15 is 0 Å². The maximum absolute atomic E-state index is 13.1. The Hall–Kier alpha value is -3.45. The van der Waals surface area contributed by atoms with Crippen molar-refractivity contribution < 1.29 is 19.8 Å². The lowest BCUT2D eigenvalue weighted by atomic mass is 9.95. The summed E-state index contributed by atoms with van der Waals surface area (Å²) in [5, 5.41) is 21.6. The zero-order valence-electron chi connectivity index (χ0n) is 16.8. The zero-order chi connectivity index (χ0) is 22.3. The van der Waals surface area contributed by atoms with Gasteiger partial charge in [0.15, 0.2) is 0 Å². The summed E-state index contributed by atoms with van der Waals surface area (Å²) < 4.78 is 0.859. The quantitative estimate of drug-likeness (QED) is 0.320. The highest BCUT2D eigenvalue weighted by molar-refractivity contribution is 9.10. The fourth-order valence-corrected chi connectivity index (χ4v) is 3.95. The standard InChI is InChI=1S/C24H19BrN2O4/c1-13-5-8-19(28)18(10-13)27-21(16-4-3-9-26-12-16)20(23(30)24(27)31)22(29)15-6-7-17(25)14(2)11-15/h3-12,21,28-29H,1-2H3/b22-20-. The second kappa shape index (κ2) is 8.00. The van der Waals surface area contributed by atoms with E-state index in [4.69, 9.17) is 0 Å². The number of halogens is 1. The lowest BCUT2D eigenvalue weighted by Gasteiger charge is -2.26. The van der Waals surface area contributed by atoms with E-state index in [9.17, 15) is 19.8 Å². The Morgan fingerprint density at radius 1 is 1.10 bits per heavy atom. The maximum Gasteiger partial charge on any atom is 0.300 e. The summed E-state index contributed by atoms with van der Waals surface area (Å²) in [6, 6.07) is 12.5. The number of Topliss-reactive ketones (excluding diaryl/α,β-unsaturated/α-hetero) is 1. The number of ketones is 1. The second-order valence-electron chi connectivity index (χ2n) is 7.41. The van der Waals surface area contributed by atoms with Crippen LogP contribution in [0.25, 0.3) is 5.76 Å². The number of nitrogens with zero attached hydrogens (tertiary/aromatic N) is 2. The van der Waals surface area contributed by atoms with Gasteiger partial charge >= 0.3 is 0 Å². The first-order valence-corrected chi connectivity index (χ1v) is 10.4. The molecular formula is C24H19BrN2O4. The molecule has 0 bridgehead atoms. The number of anilines is 1. The van der Waals surface area contributed by atoms with Crippen molar-refractivity contribution in [3.63, 3.8) is 0 Å². The van der Waals surface area contributed by atoms with Gasteiger partial charge < -0.3 is 10.2 Å². The fraction of sp³-hybridized carbons (Fsp3) is 0.125. The summed E-state index contributed by atoms with van der Waals surface area (Å²) in [7, 11) is 0. The van der Waals surface area contributed by atoms with Gasteiger partial charge in [0.1, 0.15) is 11.5 Å². The molecule has 1 atom stereocenters. The number of amides is 1. The first kappa shape index (κ1) is 20.8. The highest BCUT2D eigenvalue weighted by Crippen LogP contribution is 2.44. The topological polar surface area (TPSA) is 90.7 Å². The summed E-state index contributed by atoms with van der Waals surface area (Å²) in [4.78, 5) is 31.6. The van der Waals surface area contributed by atoms with Crippen LogP contribution in [0, 0.1) is 13.8 Å². The van der Waals surface area contributed by atoms with Gasteiger partial charge in [0.2, 0.25) is 0 Å². The highest BCUT2D eigenvalue weighted by Gasteiger charge is 2.47. The minimum absolute atomic E-state index is 0.0550. The summed E-state index contributed by atoms with van der Waals surface area (Å²) in [6.07, 6.45) is 3.12. The van der Waals surface area contributed by atoms with Crippen LogP contribution in [0.2, 0.25) is 0 Å². The van der Waals surface area contributed by atoms with Crippen LogP contribution in [0.15, 0.2) is 71.0 Å². The van der Waals surface area contributed by atoms with E-state index < -0.39 is 17.7 Å². The van der Waals surface area contributed by atoms with Crippen LogP contribution in [0.1, 0.15) is 28.3 Å². The second-order valence-corrected chi connectivity index (χ2v) is 8.27. The van der Waals surface area contributed by atoms with E-state index in [2.05, 4.69) is 20.9 Å². The Morgan fingerprint density at radius 3 is 2.55 bits per heavy atom. The normalized spacial score (nSPS) is 17.9. The van der Waals surface area contributed by atoms with E-state index in [0.717, 1.165) is 15.6 Å². The van der Waals surface area contributed by atoms with Crippen LogP contribution in [-0.2, 0) is 9.59 Å². The third kappa shape index (κ3) is 3.61. The van der Waals surface area contributed by atoms with Gasteiger partial charge in [0.25, 0.3) is 11.7 Å². The van der Waals surface area contributed by atoms with Crippen LogP contribution in [0.4, 0.5) is 5.69 Å². The first-order valence-electron chi connectivity index (χ1n) is 9.56. The smallest absolute Gasteiger partial charge is 0.300 e. The van der Waals surface area contributed by atoms with Crippen molar-refractivity contribution in [1.82, 2.24) is 4.98 Å². The van der Waals surface area contributed by atoms with Gasteiger partial charge in [-0.1, -0.05) is 34.1 Å². The number of benzene rings is 2. The van der Waals surface area contributed by atoms with Gasteiger partial charge in [-0.25, -0.2) is 0 Å². The van der Waals surface area contributed by atoms with Gasteiger partial charge in [-0.05, 0) is 60.9 Å². The number of aryl methyl sites for hydroxylation is 2. The number of hydrogen-bond acceptors (Lipinski definition) is 5. The van der Waals surface area contributed by atoms with Gasteiger partial charge in [0, 0.05) is 22.4 Å². The monoisotopic (exact) mass is 478 g/mol. The fourth-order valence-electron chi connectivity index (χ4n) is 3.71. The predicted molar refractivity (Wildman–Crippen MR) is 121 cm³/mol. The molecule has 2 N–H and O–H groups in total. The van der Waals surface area contributed by atoms with Crippen molar-refractivity contribution in [2.45, 2.75) is 19.9 Å². The molecular weight excluding hydrogens is 460 g/mol. The predicted octanol–water partition coefficient (Wildman–Crippen LogP) is 4.79. The molecule has 0 radical (unpaired) electrons. The zero-order valence-corrected chi connectivity index (χ0v) is 18.4. The van der Waals surface area contributed by atoms with Crippen LogP contribution in [0.3, 0.4) is 0 Å². The molecule has 3 aromatic rings. The number of carbonyl (C=O) groups excluding carboxylic acids is 2. The molecule has 7 heteroatoms. The third-order valence-corrected chi connectivity index (χ3v) is 6.16. The first-order chi connectivity index (χ1) is 14.8. The number of aliphatic hydroxyl groups is 1. The molecule has 2 heterocycles. The number of rotatable bonds is 3. The SMILES string of the molecule is Cc1ccc(O)c(N2C(=O)C(=O)/C(=C(\O)c3ccc(Br)c(C)c3)C2c2cccnc2)c1. The van der Waals surface area contributed by atoms with E-state index in [1.807, 2.05) is 13.8 Å². The van der Waals surface area contributed by atoms with Crippen molar-refractivity contribution in [1.29, 1.82) is 0 Å². The Morgan fingerprint density at radius 2 is 1.87 bits per heavy atom. The molecule has 156 valence electrons. The van der Waals surface area contributed by atoms with E-state index in [1.54, 1.807) is 48.7 Å². The minimum atomic E-state index is -0.939. The molecule has 2 aromatic carbocycles. The Balaban J connectivity index is 1.98. The summed E-state index contributed by atoms with van der Waals surface area (Å²) >= 11 is 3.42. The van der Waals surface area contributed by atoms with Crippen LogP contribution in [-0.4, -0.2) is 26.9 Å². The highest BCUT2D eigenvalue weighted by atomic mass is 79.9. The van der Waals surface area contributed by atoms with Crippen molar-refractivity contribution in [3.8, 4) is 5.75 Å². The molecule has 1 fully saturated rings. The Labute approximate surface area is 187 Å². The van der Waals surface area contributed by atoms with E-state index in [1.165, 1.54) is 17.2 Å². The Kier molecular flexibility index (Phi) is 5.37. The number of hydrogen-bond donors (Lipinski definition) is 2. The number of carbonyl (C=O) groups is 2. The number of phenols is 1. The van der Waals surface area contributed by atoms with Crippen LogP contribution >= 0.6 is 15.9 Å². The lowest BCUT2D eigenvalue weighted by Crippen LogP contribution is -2.29. The molecule has 4 rings (SSSR count). The van der Waals surface area contributed by atoms with Crippen LogP contribution < -0.4 is 4.90 Å². The number of aromatic nitrogens is 1. The average Bonchev–Trinajstić information content (AvgIpc) is 3.02. The molecule has 0 saturated carbocycles. The minimum Gasteiger partial charge on any atom is -0.507 e. The van der Waals surface area contributed by atoms with E-state index in [0.29, 0.717) is 11.1 Å².